The fourth-order valence-corrected chi connectivity index (χ4v) is 3.63. The zero-order valence-electron chi connectivity index (χ0n) is 16.8. The Hall–Kier alpha value is -0.755. The van der Waals surface area contributed by atoms with Crippen LogP contribution in [-0.4, -0.2) is 14.4 Å². The van der Waals surface area contributed by atoms with Crippen molar-refractivity contribution in [1.29, 1.82) is 0 Å². The Labute approximate surface area is 152 Å². The largest absolute Gasteiger partial charge is 0.313 e. The van der Waals surface area contributed by atoms with Gasteiger partial charge in [0.05, 0.1) is 7.85 Å². The van der Waals surface area contributed by atoms with Gasteiger partial charge in [0.25, 0.3) is 0 Å². The van der Waals surface area contributed by atoms with Gasteiger partial charge in [-0.05, 0) is 47.9 Å². The van der Waals surface area contributed by atoms with Crippen molar-refractivity contribution in [2.75, 3.05) is 6.54 Å². The van der Waals surface area contributed by atoms with Crippen LogP contribution in [0.4, 0.5) is 0 Å². The lowest BCUT2D eigenvalue weighted by Gasteiger charge is -2.33. The molecule has 2 unspecified atom stereocenters. The molecule has 0 aliphatic heterocycles. The van der Waals surface area contributed by atoms with Gasteiger partial charge in [-0.25, -0.2) is 0 Å². The van der Waals surface area contributed by atoms with Crippen molar-refractivity contribution in [2.24, 2.45) is 0 Å². The Balaban J connectivity index is 3.09. The van der Waals surface area contributed by atoms with Crippen LogP contribution in [0.3, 0.4) is 0 Å². The third-order valence-corrected chi connectivity index (χ3v) is 5.44. The molecule has 24 heavy (non-hydrogen) atoms. The molecule has 0 heterocycles. The molecule has 2 heteroatoms. The maximum atomic E-state index is 6.28. The highest BCUT2D eigenvalue weighted by Gasteiger charge is 2.27. The number of benzene rings is 1. The first-order chi connectivity index (χ1) is 11.5. The third-order valence-electron chi connectivity index (χ3n) is 5.44. The van der Waals surface area contributed by atoms with Gasteiger partial charge in [0.2, 0.25) is 0 Å². The van der Waals surface area contributed by atoms with Crippen molar-refractivity contribution in [1.82, 2.24) is 5.32 Å². The molecule has 0 bridgehead atoms. The molecule has 2 radical (unpaired) electrons. The number of unbranched alkanes of at least 4 members (excludes halogenated alkanes) is 3. The summed E-state index contributed by atoms with van der Waals surface area (Å²) in [5, 5.41) is 3.60. The van der Waals surface area contributed by atoms with Gasteiger partial charge in [-0.15, -0.1) is 0 Å². The summed E-state index contributed by atoms with van der Waals surface area (Å²) in [6, 6.07) is 6.76. The molecule has 0 fully saturated rings. The molecule has 0 saturated heterocycles. The van der Waals surface area contributed by atoms with Crippen LogP contribution in [0.1, 0.15) is 102 Å². The summed E-state index contributed by atoms with van der Waals surface area (Å²) in [4.78, 5) is 0. The van der Waals surface area contributed by atoms with Crippen molar-refractivity contribution in [2.45, 2.75) is 97.3 Å². The van der Waals surface area contributed by atoms with Crippen molar-refractivity contribution in [3.05, 3.63) is 34.9 Å². The minimum absolute atomic E-state index is 0.0876. The van der Waals surface area contributed by atoms with E-state index in [0.29, 0.717) is 0 Å². The van der Waals surface area contributed by atoms with Crippen LogP contribution in [0.15, 0.2) is 18.2 Å². The first-order valence-corrected chi connectivity index (χ1v) is 10.1. The van der Waals surface area contributed by atoms with E-state index in [1.807, 2.05) is 0 Å². The van der Waals surface area contributed by atoms with E-state index in [4.69, 9.17) is 7.85 Å². The summed E-state index contributed by atoms with van der Waals surface area (Å²) in [6.45, 7) is 13.4. The average Bonchev–Trinajstić information content (AvgIpc) is 2.58. The van der Waals surface area contributed by atoms with Crippen LogP contribution in [-0.2, 0) is 12.0 Å². The van der Waals surface area contributed by atoms with Gasteiger partial charge < -0.3 is 5.32 Å². The predicted octanol–water partition coefficient (Wildman–Crippen LogP) is 6.05. The molecule has 1 aromatic carbocycles. The monoisotopic (exact) mass is 327 g/mol. The van der Waals surface area contributed by atoms with Gasteiger partial charge >= 0.3 is 0 Å². The topological polar surface area (TPSA) is 12.0 Å². The zero-order valence-corrected chi connectivity index (χ0v) is 16.8. The minimum Gasteiger partial charge on any atom is -0.313 e. The molecule has 1 nitrogen and oxygen atoms in total. The van der Waals surface area contributed by atoms with Crippen LogP contribution >= 0.6 is 0 Å². The van der Waals surface area contributed by atoms with Gasteiger partial charge in [0.1, 0.15) is 0 Å². The molecule has 0 saturated carbocycles. The Morgan fingerprint density at radius 1 is 1.08 bits per heavy atom. The van der Waals surface area contributed by atoms with E-state index in [9.17, 15) is 0 Å². The molecular formula is C22H38BN. The molecule has 1 rings (SSSR count). The van der Waals surface area contributed by atoms with Gasteiger partial charge in [-0.1, -0.05) is 84.3 Å². The molecule has 1 aromatic rings. The summed E-state index contributed by atoms with van der Waals surface area (Å²) in [5.41, 5.74) is 4.52. The maximum absolute atomic E-state index is 6.28. The molecule has 1 N–H and O–H groups in total. The highest BCUT2D eigenvalue weighted by atomic mass is 14.8. The zero-order chi connectivity index (χ0) is 18.0. The van der Waals surface area contributed by atoms with Crippen LogP contribution in [0.5, 0.6) is 0 Å². The van der Waals surface area contributed by atoms with E-state index in [0.717, 1.165) is 19.5 Å². The summed E-state index contributed by atoms with van der Waals surface area (Å²) in [6.07, 6.45) is 8.94. The van der Waals surface area contributed by atoms with Crippen molar-refractivity contribution >= 4 is 7.85 Å². The predicted molar refractivity (Wildman–Crippen MR) is 109 cm³/mol. The Bertz CT molecular complexity index is 469. The average molecular weight is 327 g/mol. The van der Waals surface area contributed by atoms with Gasteiger partial charge in [-0.2, -0.15) is 0 Å². The lowest BCUT2D eigenvalue weighted by Crippen LogP contribution is -2.26. The summed E-state index contributed by atoms with van der Waals surface area (Å²) in [5.74, 6) is 0.0876. The molecule has 0 aliphatic carbocycles. The fraction of sp³-hybridized carbons (Fsp3) is 0.727. The smallest absolute Gasteiger partial charge is 0.0759 e. The van der Waals surface area contributed by atoms with Crippen molar-refractivity contribution < 1.29 is 0 Å². The molecule has 0 spiro atoms. The second-order valence-corrected chi connectivity index (χ2v) is 7.56. The molecule has 134 valence electrons. The lowest BCUT2D eigenvalue weighted by atomic mass is 9.70. The second kappa shape index (κ2) is 11.0. The van der Waals surface area contributed by atoms with Crippen LogP contribution in [0, 0.1) is 0 Å². The molecular weight excluding hydrogens is 289 g/mol. The highest BCUT2D eigenvalue weighted by molar-refractivity contribution is 6.12. The van der Waals surface area contributed by atoms with E-state index in [1.54, 1.807) is 0 Å². The highest BCUT2D eigenvalue weighted by Crippen LogP contribution is 2.37. The standard InChI is InChI=1S/C22H38BN/c1-6-9-10-11-15-22(5,8-3)21-14-12-13-19(18(4)23)20(21)17-24-16-7-2/h12-14,18,24H,6-11,15-17H2,1-5H3. The third kappa shape index (κ3) is 5.95. The van der Waals surface area contributed by atoms with Crippen LogP contribution in [0.25, 0.3) is 0 Å². The Kier molecular flexibility index (Phi) is 9.74. The molecule has 0 amide bonds. The van der Waals surface area contributed by atoms with Crippen LogP contribution in [0.2, 0.25) is 0 Å². The number of hydrogen-bond acceptors (Lipinski definition) is 1. The van der Waals surface area contributed by atoms with Gasteiger partial charge in [0.15, 0.2) is 0 Å². The van der Waals surface area contributed by atoms with Crippen molar-refractivity contribution in [3.8, 4) is 0 Å². The SMILES string of the molecule is [B]C(C)c1cccc(C(C)(CC)CCCCCC)c1CNCCC. The number of hydrogen-bond donors (Lipinski definition) is 1. The summed E-state index contributed by atoms with van der Waals surface area (Å²) < 4.78 is 0. The normalized spacial score (nSPS) is 15.2. The first-order valence-electron chi connectivity index (χ1n) is 10.1. The van der Waals surface area contributed by atoms with E-state index in [2.05, 4.69) is 58.1 Å². The Morgan fingerprint density at radius 2 is 1.83 bits per heavy atom. The van der Waals surface area contributed by atoms with Crippen molar-refractivity contribution in [3.63, 3.8) is 0 Å². The molecule has 0 aromatic heterocycles. The van der Waals surface area contributed by atoms with E-state index in [1.165, 1.54) is 55.2 Å². The second-order valence-electron chi connectivity index (χ2n) is 7.56. The minimum atomic E-state index is 0.0876. The summed E-state index contributed by atoms with van der Waals surface area (Å²) in [7, 11) is 6.28. The molecule has 0 aliphatic rings. The van der Waals surface area contributed by atoms with E-state index < -0.39 is 0 Å². The fourth-order valence-electron chi connectivity index (χ4n) is 3.63. The van der Waals surface area contributed by atoms with Gasteiger partial charge in [0, 0.05) is 6.54 Å². The lowest BCUT2D eigenvalue weighted by molar-refractivity contribution is 0.391. The van der Waals surface area contributed by atoms with E-state index >= 15 is 0 Å². The maximum Gasteiger partial charge on any atom is 0.0759 e. The Morgan fingerprint density at radius 3 is 2.42 bits per heavy atom. The number of rotatable bonds is 12. The number of nitrogens with one attached hydrogen (secondary N) is 1. The van der Waals surface area contributed by atoms with E-state index in [-0.39, 0.29) is 11.2 Å². The molecule has 2 atom stereocenters. The first kappa shape index (κ1) is 21.3. The quantitative estimate of drug-likeness (QED) is 0.364. The van der Waals surface area contributed by atoms with Gasteiger partial charge in [-0.3, -0.25) is 0 Å². The summed E-state index contributed by atoms with van der Waals surface area (Å²) >= 11 is 0. The van der Waals surface area contributed by atoms with Crippen LogP contribution < -0.4 is 5.32 Å².